The van der Waals surface area contributed by atoms with Gasteiger partial charge in [0.2, 0.25) is 0 Å². The van der Waals surface area contributed by atoms with E-state index in [4.69, 9.17) is 16.3 Å². The zero-order valence-corrected chi connectivity index (χ0v) is 10.7. The van der Waals surface area contributed by atoms with Crippen LogP contribution in [0.4, 0.5) is 0 Å². The van der Waals surface area contributed by atoms with Crippen LogP contribution >= 0.6 is 11.6 Å². The molecular weight excluding hydrogens is 254 g/mol. The molecule has 0 aromatic carbocycles. The average molecular weight is 268 g/mol. The summed E-state index contributed by atoms with van der Waals surface area (Å²) in [7, 11) is 0. The summed E-state index contributed by atoms with van der Waals surface area (Å²) in [6.07, 6.45) is 4.00. The van der Waals surface area contributed by atoms with Crippen molar-refractivity contribution in [2.75, 3.05) is 6.61 Å². The molecule has 2 aromatic rings. The fourth-order valence-electron chi connectivity index (χ4n) is 2.52. The van der Waals surface area contributed by atoms with E-state index in [2.05, 4.69) is 16.9 Å². The van der Waals surface area contributed by atoms with Crippen molar-refractivity contribution in [3.63, 3.8) is 0 Å². The third-order valence-corrected chi connectivity index (χ3v) is 3.69. The lowest BCUT2D eigenvalue weighted by Crippen LogP contribution is -2.15. The molecular formula is C12H14ClN3O2. The molecule has 1 saturated heterocycles. The van der Waals surface area contributed by atoms with Crippen LogP contribution in [0, 0.1) is 5.92 Å². The summed E-state index contributed by atoms with van der Waals surface area (Å²) in [6.45, 7) is 2.16. The molecule has 0 saturated carbocycles. The Morgan fingerprint density at radius 2 is 2.39 bits per heavy atom. The van der Waals surface area contributed by atoms with Crippen molar-refractivity contribution in [3.05, 3.63) is 23.7 Å². The summed E-state index contributed by atoms with van der Waals surface area (Å²) in [5.74, 6) is 0.325. The van der Waals surface area contributed by atoms with E-state index in [0.29, 0.717) is 11.1 Å². The predicted molar refractivity (Wildman–Crippen MR) is 67.3 cm³/mol. The number of aromatic nitrogens is 3. The van der Waals surface area contributed by atoms with E-state index in [9.17, 15) is 5.11 Å². The molecule has 3 atom stereocenters. The Kier molecular flexibility index (Phi) is 2.97. The van der Waals surface area contributed by atoms with Gasteiger partial charge in [-0.15, -0.1) is 0 Å². The minimum Gasteiger partial charge on any atom is -0.394 e. The summed E-state index contributed by atoms with van der Waals surface area (Å²) in [6, 6.07) is 1.89. The molecule has 3 rings (SSSR count). The number of aliphatic hydroxyl groups is 1. The average Bonchev–Trinajstić information content (AvgIpc) is 2.93. The maximum atomic E-state index is 9.18. The normalized spacial score (nSPS) is 28.1. The minimum atomic E-state index is -0.106. The van der Waals surface area contributed by atoms with E-state index in [1.54, 1.807) is 0 Å². The highest BCUT2D eigenvalue weighted by Gasteiger charge is 2.33. The third-order valence-electron chi connectivity index (χ3n) is 3.39. The van der Waals surface area contributed by atoms with Gasteiger partial charge in [0, 0.05) is 12.1 Å². The van der Waals surface area contributed by atoms with Gasteiger partial charge in [-0.2, -0.15) is 0 Å². The molecule has 0 radical (unpaired) electrons. The van der Waals surface area contributed by atoms with E-state index in [1.807, 2.05) is 16.8 Å². The highest BCUT2D eigenvalue weighted by molar-refractivity contribution is 6.33. The molecule has 1 N–H and O–H groups in total. The van der Waals surface area contributed by atoms with E-state index < -0.39 is 0 Å². The zero-order valence-electron chi connectivity index (χ0n) is 9.95. The fourth-order valence-corrected chi connectivity index (χ4v) is 2.71. The fraction of sp³-hybridized carbons (Fsp3) is 0.500. The molecule has 5 nitrogen and oxygen atoms in total. The Bertz CT molecular complexity index is 571. The largest absolute Gasteiger partial charge is 0.394 e. The first-order valence-electron chi connectivity index (χ1n) is 5.94. The van der Waals surface area contributed by atoms with Crippen LogP contribution in [0.2, 0.25) is 5.15 Å². The topological polar surface area (TPSA) is 60.2 Å². The number of nitrogens with zero attached hydrogens (tertiary/aromatic N) is 3. The number of rotatable bonds is 2. The summed E-state index contributed by atoms with van der Waals surface area (Å²) in [4.78, 5) is 8.21. The van der Waals surface area contributed by atoms with Crippen molar-refractivity contribution >= 4 is 22.6 Å². The van der Waals surface area contributed by atoms with Gasteiger partial charge < -0.3 is 14.4 Å². The van der Waals surface area contributed by atoms with Crippen LogP contribution < -0.4 is 0 Å². The number of aliphatic hydroxyl groups excluding tert-OH is 1. The van der Waals surface area contributed by atoms with Crippen LogP contribution in [-0.2, 0) is 4.74 Å². The van der Waals surface area contributed by atoms with Crippen LogP contribution in [0.1, 0.15) is 19.6 Å². The molecule has 1 fully saturated rings. The quantitative estimate of drug-likeness (QED) is 0.846. The molecule has 0 spiro atoms. The molecule has 3 unspecified atom stereocenters. The number of fused-ring (bicyclic) bond motifs is 1. The van der Waals surface area contributed by atoms with Gasteiger partial charge in [-0.3, -0.25) is 0 Å². The van der Waals surface area contributed by atoms with E-state index in [0.717, 1.165) is 17.5 Å². The van der Waals surface area contributed by atoms with Crippen molar-refractivity contribution in [1.82, 2.24) is 14.5 Å². The maximum Gasteiger partial charge on any atom is 0.146 e. The summed E-state index contributed by atoms with van der Waals surface area (Å²) in [5, 5.41) is 10.4. The summed E-state index contributed by atoms with van der Waals surface area (Å²) < 4.78 is 7.79. The monoisotopic (exact) mass is 267 g/mol. The molecule has 96 valence electrons. The van der Waals surface area contributed by atoms with Gasteiger partial charge in [-0.25, -0.2) is 9.97 Å². The second-order valence-corrected chi connectivity index (χ2v) is 5.03. The Morgan fingerprint density at radius 1 is 1.56 bits per heavy atom. The molecule has 0 amide bonds. The van der Waals surface area contributed by atoms with Crippen LogP contribution in [0.25, 0.3) is 11.0 Å². The lowest BCUT2D eigenvalue weighted by atomic mass is 10.1. The summed E-state index contributed by atoms with van der Waals surface area (Å²) >= 11 is 6.02. The number of hydrogen-bond acceptors (Lipinski definition) is 4. The number of halogens is 1. The van der Waals surface area contributed by atoms with Gasteiger partial charge in [-0.05, 0) is 12.5 Å². The predicted octanol–water partition coefficient (Wildman–Crippen LogP) is 2.00. The van der Waals surface area contributed by atoms with Gasteiger partial charge in [0.05, 0.1) is 18.1 Å². The van der Waals surface area contributed by atoms with Gasteiger partial charge in [0.1, 0.15) is 23.4 Å². The van der Waals surface area contributed by atoms with Gasteiger partial charge >= 0.3 is 0 Å². The molecule has 2 aromatic heterocycles. The molecule has 1 aliphatic heterocycles. The second kappa shape index (κ2) is 4.50. The molecule has 1 aliphatic rings. The van der Waals surface area contributed by atoms with Crippen LogP contribution in [-0.4, -0.2) is 32.4 Å². The van der Waals surface area contributed by atoms with E-state index in [-0.39, 0.29) is 18.9 Å². The van der Waals surface area contributed by atoms with Gasteiger partial charge in [-0.1, -0.05) is 18.5 Å². The number of ether oxygens (including phenoxy) is 1. The van der Waals surface area contributed by atoms with Crippen molar-refractivity contribution < 1.29 is 9.84 Å². The lowest BCUT2D eigenvalue weighted by molar-refractivity contribution is -0.0291. The first-order chi connectivity index (χ1) is 8.70. The number of hydrogen-bond donors (Lipinski definition) is 1. The Morgan fingerprint density at radius 3 is 3.11 bits per heavy atom. The van der Waals surface area contributed by atoms with Crippen LogP contribution in [0.15, 0.2) is 18.6 Å². The standard InChI is InChI=1S/C12H14ClN3O2/c1-7-4-8(5-17)18-12(7)16-3-2-9-10(13)14-6-15-11(9)16/h2-3,6-8,12,17H,4-5H2,1H3. The molecule has 18 heavy (non-hydrogen) atoms. The molecule has 0 bridgehead atoms. The Labute approximate surface area is 109 Å². The Hall–Kier alpha value is -1.17. The molecule has 3 heterocycles. The second-order valence-electron chi connectivity index (χ2n) is 4.67. The third kappa shape index (κ3) is 1.79. The van der Waals surface area contributed by atoms with E-state index in [1.165, 1.54) is 6.33 Å². The lowest BCUT2D eigenvalue weighted by Gasteiger charge is -2.18. The highest BCUT2D eigenvalue weighted by atomic mass is 35.5. The highest BCUT2D eigenvalue weighted by Crippen LogP contribution is 2.36. The van der Waals surface area contributed by atoms with Crippen molar-refractivity contribution in [1.29, 1.82) is 0 Å². The summed E-state index contributed by atoms with van der Waals surface area (Å²) in [5.41, 5.74) is 0.769. The van der Waals surface area contributed by atoms with Crippen molar-refractivity contribution in [2.24, 2.45) is 5.92 Å². The van der Waals surface area contributed by atoms with E-state index >= 15 is 0 Å². The van der Waals surface area contributed by atoms with Crippen molar-refractivity contribution in [2.45, 2.75) is 25.7 Å². The van der Waals surface area contributed by atoms with Crippen molar-refractivity contribution in [3.8, 4) is 0 Å². The molecule has 6 heteroatoms. The van der Waals surface area contributed by atoms with Crippen LogP contribution in [0.3, 0.4) is 0 Å². The zero-order chi connectivity index (χ0) is 12.7. The van der Waals surface area contributed by atoms with Gasteiger partial charge in [0.15, 0.2) is 0 Å². The first kappa shape index (κ1) is 11.9. The molecule has 0 aliphatic carbocycles. The van der Waals surface area contributed by atoms with Crippen LogP contribution in [0.5, 0.6) is 0 Å². The smallest absolute Gasteiger partial charge is 0.146 e. The Balaban J connectivity index is 2.02. The SMILES string of the molecule is CC1CC(CO)OC1n1ccc2c(Cl)ncnc21. The van der Waals surface area contributed by atoms with Gasteiger partial charge in [0.25, 0.3) is 0 Å². The first-order valence-corrected chi connectivity index (χ1v) is 6.32. The minimum absolute atomic E-state index is 0.0514. The maximum absolute atomic E-state index is 9.18.